The van der Waals surface area contributed by atoms with Crippen LogP contribution in [0.2, 0.25) is 5.28 Å². The molecule has 0 bridgehead atoms. The van der Waals surface area contributed by atoms with Gasteiger partial charge < -0.3 is 4.90 Å². The number of carbonyl (C=O) groups excluding carboxylic acids is 2. The molecule has 2 amide bonds. The quantitative estimate of drug-likeness (QED) is 0.212. The van der Waals surface area contributed by atoms with E-state index >= 15 is 4.39 Å². The summed E-state index contributed by atoms with van der Waals surface area (Å²) in [6.07, 6.45) is 7.25. The SMILES string of the molecule is O=CN(O)C[C@@H](CC1CCCC1)C(=O)NNc1nc(Cl)nc(N2CCN3CCC[C@@H]3C2)c1F. The van der Waals surface area contributed by atoms with E-state index in [1.165, 1.54) is 0 Å². The van der Waals surface area contributed by atoms with E-state index in [1.807, 2.05) is 4.90 Å². The van der Waals surface area contributed by atoms with Crippen LogP contribution in [0.4, 0.5) is 16.0 Å². The molecule has 0 radical (unpaired) electrons. The van der Waals surface area contributed by atoms with Crippen molar-refractivity contribution in [2.24, 2.45) is 11.8 Å². The maximum Gasteiger partial charge on any atom is 0.243 e. The van der Waals surface area contributed by atoms with E-state index in [9.17, 15) is 14.8 Å². The number of aromatic nitrogens is 2. The number of hydrazine groups is 1. The first-order chi connectivity index (χ1) is 15.9. The number of nitrogens with zero attached hydrogens (tertiary/aromatic N) is 5. The highest BCUT2D eigenvalue weighted by molar-refractivity contribution is 6.28. The molecule has 0 aromatic carbocycles. The standard InChI is InChI=1S/C21H31ClFN7O3/c22-21-24-18(17(23)19(25-21)29-9-8-28-7-3-6-16(28)12-29)26-27-20(32)15(11-30(33)13-31)10-14-4-1-2-5-14/h13-16,33H,1-12H2,(H,27,32)(H,24,25,26)/t15-,16-/m1/s1. The van der Waals surface area contributed by atoms with E-state index in [2.05, 4.69) is 25.7 Å². The second-order valence-electron chi connectivity index (χ2n) is 9.18. The highest BCUT2D eigenvalue weighted by Crippen LogP contribution is 2.31. The lowest BCUT2D eigenvalue weighted by molar-refractivity contribution is -0.154. The Morgan fingerprint density at radius 1 is 1.24 bits per heavy atom. The van der Waals surface area contributed by atoms with Gasteiger partial charge >= 0.3 is 0 Å². The van der Waals surface area contributed by atoms with Crippen molar-refractivity contribution >= 4 is 35.6 Å². The van der Waals surface area contributed by atoms with Crippen LogP contribution in [0.1, 0.15) is 44.9 Å². The molecule has 3 fully saturated rings. The van der Waals surface area contributed by atoms with Gasteiger partial charge in [0, 0.05) is 25.7 Å². The summed E-state index contributed by atoms with van der Waals surface area (Å²) in [5, 5.41) is 9.96. The molecule has 12 heteroatoms. The third-order valence-corrected chi connectivity index (χ3v) is 7.16. The summed E-state index contributed by atoms with van der Waals surface area (Å²) in [6.45, 7) is 3.06. The number of carbonyl (C=O) groups is 2. The molecule has 2 saturated heterocycles. The molecule has 1 aromatic heterocycles. The van der Waals surface area contributed by atoms with Gasteiger partial charge in [-0.1, -0.05) is 25.7 Å². The van der Waals surface area contributed by atoms with Crippen LogP contribution in [0.5, 0.6) is 0 Å². The highest BCUT2D eigenvalue weighted by atomic mass is 35.5. The Labute approximate surface area is 197 Å². The lowest BCUT2D eigenvalue weighted by atomic mass is 9.92. The average molecular weight is 484 g/mol. The molecule has 0 spiro atoms. The fourth-order valence-electron chi connectivity index (χ4n) is 5.29. The Bertz CT molecular complexity index is 857. The highest BCUT2D eigenvalue weighted by Gasteiger charge is 2.33. The van der Waals surface area contributed by atoms with Gasteiger partial charge in [0.2, 0.25) is 23.4 Å². The molecule has 1 aliphatic carbocycles. The molecule has 3 N–H and O–H groups in total. The van der Waals surface area contributed by atoms with Gasteiger partial charge in [-0.05, 0) is 43.3 Å². The number of hydrogen-bond acceptors (Lipinski definition) is 8. The molecular weight excluding hydrogens is 453 g/mol. The molecule has 1 saturated carbocycles. The van der Waals surface area contributed by atoms with Gasteiger partial charge in [0.15, 0.2) is 11.6 Å². The fraction of sp³-hybridized carbons (Fsp3) is 0.714. The number of piperazine rings is 1. The van der Waals surface area contributed by atoms with E-state index in [0.717, 1.165) is 51.6 Å². The van der Waals surface area contributed by atoms with Gasteiger partial charge in [-0.25, -0.2) is 5.06 Å². The zero-order chi connectivity index (χ0) is 23.4. The van der Waals surface area contributed by atoms with Gasteiger partial charge in [-0.3, -0.25) is 30.5 Å². The van der Waals surface area contributed by atoms with E-state index in [0.29, 0.717) is 36.5 Å². The average Bonchev–Trinajstić information content (AvgIpc) is 3.50. The van der Waals surface area contributed by atoms with Crippen molar-refractivity contribution in [3.05, 3.63) is 11.1 Å². The van der Waals surface area contributed by atoms with Crippen LogP contribution >= 0.6 is 11.6 Å². The maximum atomic E-state index is 15.3. The molecule has 1 aromatic rings. The predicted octanol–water partition coefficient (Wildman–Crippen LogP) is 2.04. The number of halogens is 2. The normalized spacial score (nSPS) is 22.2. The summed E-state index contributed by atoms with van der Waals surface area (Å²) < 4.78 is 15.3. The van der Waals surface area contributed by atoms with E-state index in [1.54, 1.807) is 0 Å². The minimum absolute atomic E-state index is 0.114. The number of anilines is 2. The summed E-state index contributed by atoms with van der Waals surface area (Å²) in [4.78, 5) is 36.0. The maximum absolute atomic E-state index is 15.3. The van der Waals surface area contributed by atoms with Crippen LogP contribution in [0.15, 0.2) is 0 Å². The van der Waals surface area contributed by atoms with E-state index < -0.39 is 17.6 Å². The lowest BCUT2D eigenvalue weighted by Crippen LogP contribution is -2.50. The van der Waals surface area contributed by atoms with Crippen molar-refractivity contribution in [3.63, 3.8) is 0 Å². The Hall–Kier alpha value is -2.24. The van der Waals surface area contributed by atoms with Crippen molar-refractivity contribution < 1.29 is 19.2 Å². The molecule has 3 aliphatic rings. The number of hydroxylamine groups is 2. The third-order valence-electron chi connectivity index (χ3n) is 6.99. The topological polar surface area (TPSA) is 114 Å². The number of nitrogens with one attached hydrogen (secondary N) is 2. The van der Waals surface area contributed by atoms with Crippen molar-refractivity contribution in [2.45, 2.75) is 51.0 Å². The summed E-state index contributed by atoms with van der Waals surface area (Å²) in [6, 6.07) is 0.374. The molecule has 2 atom stereocenters. The summed E-state index contributed by atoms with van der Waals surface area (Å²) in [7, 11) is 0. The van der Waals surface area contributed by atoms with Gasteiger partial charge in [-0.2, -0.15) is 14.4 Å². The van der Waals surface area contributed by atoms with Gasteiger partial charge in [0.25, 0.3) is 0 Å². The number of rotatable bonds is 9. The molecular formula is C21H31ClFN7O3. The van der Waals surface area contributed by atoms with Crippen LogP contribution in [0, 0.1) is 17.7 Å². The van der Waals surface area contributed by atoms with Crippen molar-refractivity contribution in [1.82, 2.24) is 25.4 Å². The zero-order valence-corrected chi connectivity index (χ0v) is 19.3. The smallest absolute Gasteiger partial charge is 0.243 e. The molecule has 182 valence electrons. The third kappa shape index (κ3) is 5.82. The minimum Gasteiger partial charge on any atom is -0.351 e. The fourth-order valence-corrected chi connectivity index (χ4v) is 5.45. The summed E-state index contributed by atoms with van der Waals surface area (Å²) >= 11 is 6.07. The summed E-state index contributed by atoms with van der Waals surface area (Å²) in [5.41, 5.74) is 5.02. The minimum atomic E-state index is -0.685. The van der Waals surface area contributed by atoms with Crippen LogP contribution in [0.3, 0.4) is 0 Å². The Morgan fingerprint density at radius 3 is 2.79 bits per heavy atom. The zero-order valence-electron chi connectivity index (χ0n) is 18.6. The number of fused-ring (bicyclic) bond motifs is 1. The second kappa shape index (κ2) is 10.8. The second-order valence-corrected chi connectivity index (χ2v) is 9.52. The van der Waals surface area contributed by atoms with Crippen LogP contribution in [-0.4, -0.2) is 76.2 Å². The monoisotopic (exact) mass is 483 g/mol. The Kier molecular flexibility index (Phi) is 7.82. The van der Waals surface area contributed by atoms with Crippen LogP contribution < -0.4 is 15.8 Å². The van der Waals surface area contributed by atoms with Crippen LogP contribution in [0.25, 0.3) is 0 Å². The van der Waals surface area contributed by atoms with Crippen molar-refractivity contribution in [3.8, 4) is 0 Å². The molecule has 3 heterocycles. The first-order valence-corrected chi connectivity index (χ1v) is 12.0. The summed E-state index contributed by atoms with van der Waals surface area (Å²) in [5.74, 6) is -1.54. The van der Waals surface area contributed by atoms with Crippen molar-refractivity contribution in [2.75, 3.05) is 43.0 Å². The van der Waals surface area contributed by atoms with E-state index in [-0.39, 0.29) is 29.9 Å². The molecule has 2 aliphatic heterocycles. The number of amides is 2. The Morgan fingerprint density at radius 2 is 2.03 bits per heavy atom. The van der Waals surface area contributed by atoms with Gasteiger partial charge in [0.1, 0.15) is 0 Å². The van der Waals surface area contributed by atoms with Gasteiger partial charge in [-0.15, -0.1) is 0 Å². The largest absolute Gasteiger partial charge is 0.351 e. The van der Waals surface area contributed by atoms with Crippen LogP contribution in [-0.2, 0) is 9.59 Å². The molecule has 10 nitrogen and oxygen atoms in total. The lowest BCUT2D eigenvalue weighted by Gasteiger charge is -2.38. The molecule has 0 unspecified atom stereocenters. The first kappa shape index (κ1) is 23.9. The van der Waals surface area contributed by atoms with E-state index in [4.69, 9.17) is 11.6 Å². The Balaban J connectivity index is 1.42. The van der Waals surface area contributed by atoms with Gasteiger partial charge in [0.05, 0.1) is 12.5 Å². The molecule has 33 heavy (non-hydrogen) atoms. The number of hydrogen-bond donors (Lipinski definition) is 3. The first-order valence-electron chi connectivity index (χ1n) is 11.6. The predicted molar refractivity (Wildman–Crippen MR) is 120 cm³/mol. The van der Waals surface area contributed by atoms with Crippen molar-refractivity contribution in [1.29, 1.82) is 0 Å². The molecule has 4 rings (SSSR count).